The Morgan fingerprint density at radius 1 is 1.17 bits per heavy atom. The molecular formula is C21H23BrCl2N2O2S. The summed E-state index contributed by atoms with van der Waals surface area (Å²) in [6.07, 6.45) is 0. The number of carbonyl (C=O) groups is 2. The number of nitrogens with one attached hydrogen (secondary N) is 1. The predicted molar refractivity (Wildman–Crippen MR) is 125 cm³/mol. The molecule has 2 aromatic rings. The third-order valence-corrected chi connectivity index (χ3v) is 6.39. The van der Waals surface area contributed by atoms with Crippen molar-refractivity contribution in [3.8, 4) is 0 Å². The molecule has 4 nitrogen and oxygen atoms in total. The molecule has 0 aliphatic heterocycles. The van der Waals surface area contributed by atoms with Gasteiger partial charge in [-0.25, -0.2) is 0 Å². The molecule has 8 heteroatoms. The Balaban J connectivity index is 2.09. The van der Waals surface area contributed by atoms with Crippen molar-refractivity contribution in [1.82, 2.24) is 10.2 Å². The molecule has 0 fully saturated rings. The van der Waals surface area contributed by atoms with Gasteiger partial charge in [0.1, 0.15) is 6.04 Å². The summed E-state index contributed by atoms with van der Waals surface area (Å²) in [6, 6.07) is 12.5. The van der Waals surface area contributed by atoms with Crippen LogP contribution in [0.5, 0.6) is 0 Å². The van der Waals surface area contributed by atoms with Gasteiger partial charge in [0.15, 0.2) is 0 Å². The molecule has 1 atom stereocenters. The summed E-state index contributed by atoms with van der Waals surface area (Å²) >= 11 is 17.2. The topological polar surface area (TPSA) is 49.4 Å². The van der Waals surface area contributed by atoms with E-state index in [0.29, 0.717) is 22.3 Å². The normalized spacial score (nSPS) is 11.8. The molecule has 0 aliphatic carbocycles. The average molecular weight is 518 g/mol. The van der Waals surface area contributed by atoms with Gasteiger partial charge in [-0.3, -0.25) is 9.59 Å². The van der Waals surface area contributed by atoms with E-state index in [9.17, 15) is 9.59 Å². The van der Waals surface area contributed by atoms with Crippen molar-refractivity contribution in [2.24, 2.45) is 0 Å². The average Bonchev–Trinajstić information content (AvgIpc) is 2.68. The van der Waals surface area contributed by atoms with E-state index in [2.05, 4.69) is 21.2 Å². The third kappa shape index (κ3) is 7.52. The first-order valence-corrected chi connectivity index (χ1v) is 11.9. The van der Waals surface area contributed by atoms with Crippen LogP contribution in [0.3, 0.4) is 0 Å². The Morgan fingerprint density at radius 3 is 2.48 bits per heavy atom. The molecule has 1 N–H and O–H groups in total. The molecular weight excluding hydrogens is 495 g/mol. The lowest BCUT2D eigenvalue weighted by molar-refractivity contribution is -0.138. The number of rotatable bonds is 9. The summed E-state index contributed by atoms with van der Waals surface area (Å²) in [5.74, 6) is 0.676. The highest BCUT2D eigenvalue weighted by Gasteiger charge is 2.26. The van der Waals surface area contributed by atoms with Crippen molar-refractivity contribution in [2.75, 3.05) is 12.3 Å². The van der Waals surface area contributed by atoms with E-state index < -0.39 is 6.04 Å². The number of halogens is 3. The standard InChI is InChI=1S/C21H23BrCl2N2O2S/c1-3-25-21(28)14(2)26(11-16-6-9-18(23)10-19(16)24)20(27)13-29-12-15-4-7-17(22)8-5-15/h4-10,14H,3,11-13H2,1-2H3,(H,25,28)/t14-/m0/s1. The lowest BCUT2D eigenvalue weighted by Gasteiger charge is -2.29. The first-order valence-electron chi connectivity index (χ1n) is 9.15. The van der Waals surface area contributed by atoms with Crippen molar-refractivity contribution >= 4 is 62.7 Å². The zero-order valence-electron chi connectivity index (χ0n) is 16.3. The van der Waals surface area contributed by atoms with E-state index in [1.807, 2.05) is 31.2 Å². The third-order valence-electron chi connectivity index (χ3n) is 4.28. The summed E-state index contributed by atoms with van der Waals surface area (Å²) in [5, 5.41) is 3.78. The molecule has 0 bridgehead atoms. The van der Waals surface area contributed by atoms with Crippen LogP contribution in [0.2, 0.25) is 10.0 Å². The maximum Gasteiger partial charge on any atom is 0.242 e. The Kier molecular flexibility index (Phi) is 9.83. The van der Waals surface area contributed by atoms with E-state index >= 15 is 0 Å². The smallest absolute Gasteiger partial charge is 0.242 e. The number of amides is 2. The number of hydrogen-bond donors (Lipinski definition) is 1. The molecule has 0 saturated heterocycles. The first kappa shape index (κ1) is 24.1. The minimum absolute atomic E-state index is 0.114. The number of thioether (sulfide) groups is 1. The highest BCUT2D eigenvalue weighted by molar-refractivity contribution is 9.10. The molecule has 2 amide bonds. The van der Waals surface area contributed by atoms with E-state index in [1.165, 1.54) is 11.8 Å². The van der Waals surface area contributed by atoms with Gasteiger partial charge in [0.05, 0.1) is 5.75 Å². The number of carbonyl (C=O) groups excluding carboxylic acids is 2. The summed E-state index contributed by atoms with van der Waals surface area (Å²) in [4.78, 5) is 26.9. The van der Waals surface area contributed by atoms with Crippen LogP contribution in [0.15, 0.2) is 46.9 Å². The summed E-state index contributed by atoms with van der Waals surface area (Å²) in [5.41, 5.74) is 1.88. The van der Waals surface area contributed by atoms with E-state index in [0.717, 1.165) is 15.6 Å². The summed E-state index contributed by atoms with van der Waals surface area (Å²) < 4.78 is 1.02. The van der Waals surface area contributed by atoms with Crippen LogP contribution >= 0.6 is 50.9 Å². The fourth-order valence-electron chi connectivity index (χ4n) is 2.66. The number of nitrogens with zero attached hydrogens (tertiary/aromatic N) is 1. The molecule has 0 heterocycles. The van der Waals surface area contributed by atoms with Gasteiger partial charge >= 0.3 is 0 Å². The molecule has 0 unspecified atom stereocenters. The van der Waals surface area contributed by atoms with Crippen LogP contribution in [-0.4, -0.2) is 35.1 Å². The summed E-state index contributed by atoms with van der Waals surface area (Å²) in [7, 11) is 0. The van der Waals surface area contributed by atoms with Crippen molar-refractivity contribution in [1.29, 1.82) is 0 Å². The molecule has 0 aromatic heterocycles. The monoisotopic (exact) mass is 516 g/mol. The van der Waals surface area contributed by atoms with Gasteiger partial charge in [0.25, 0.3) is 0 Å². The molecule has 2 rings (SSSR count). The molecule has 156 valence electrons. The Hall–Kier alpha value is -1.21. The van der Waals surface area contributed by atoms with Gasteiger partial charge in [-0.2, -0.15) is 0 Å². The predicted octanol–water partition coefficient (Wildman–Crippen LogP) is 5.54. The second kappa shape index (κ2) is 11.8. The zero-order chi connectivity index (χ0) is 21.4. The fraction of sp³-hybridized carbons (Fsp3) is 0.333. The SMILES string of the molecule is CCNC(=O)[C@H](C)N(Cc1ccc(Cl)cc1Cl)C(=O)CSCc1ccc(Br)cc1. The number of likely N-dealkylation sites (N-methyl/N-ethyl adjacent to an activating group) is 1. The highest BCUT2D eigenvalue weighted by atomic mass is 79.9. The Labute approximate surface area is 194 Å². The van der Waals surface area contributed by atoms with Gasteiger partial charge in [0.2, 0.25) is 11.8 Å². The summed E-state index contributed by atoms with van der Waals surface area (Å²) in [6.45, 7) is 4.32. The fourth-order valence-corrected chi connectivity index (χ4v) is 4.26. The molecule has 0 radical (unpaired) electrons. The van der Waals surface area contributed by atoms with Gasteiger partial charge in [-0.1, -0.05) is 57.3 Å². The number of hydrogen-bond acceptors (Lipinski definition) is 3. The number of benzene rings is 2. The van der Waals surface area contributed by atoms with Crippen LogP contribution in [0.25, 0.3) is 0 Å². The molecule has 0 saturated carbocycles. The van der Waals surface area contributed by atoms with Gasteiger partial charge in [-0.15, -0.1) is 11.8 Å². The van der Waals surface area contributed by atoms with Crippen molar-refractivity contribution in [3.05, 3.63) is 68.1 Å². The highest BCUT2D eigenvalue weighted by Crippen LogP contribution is 2.24. The quantitative estimate of drug-likeness (QED) is 0.474. The van der Waals surface area contributed by atoms with Crippen molar-refractivity contribution < 1.29 is 9.59 Å². The lowest BCUT2D eigenvalue weighted by Crippen LogP contribution is -2.48. The Bertz CT molecular complexity index is 849. The van der Waals surface area contributed by atoms with Crippen molar-refractivity contribution in [2.45, 2.75) is 32.2 Å². The lowest BCUT2D eigenvalue weighted by atomic mass is 10.1. The van der Waals surface area contributed by atoms with E-state index in [1.54, 1.807) is 30.0 Å². The minimum Gasteiger partial charge on any atom is -0.355 e. The maximum absolute atomic E-state index is 13.0. The maximum atomic E-state index is 13.0. The van der Waals surface area contributed by atoms with E-state index in [-0.39, 0.29) is 24.1 Å². The van der Waals surface area contributed by atoms with Crippen molar-refractivity contribution in [3.63, 3.8) is 0 Å². The van der Waals surface area contributed by atoms with E-state index in [4.69, 9.17) is 23.2 Å². The second-order valence-corrected chi connectivity index (χ2v) is 9.19. The minimum atomic E-state index is -0.609. The second-order valence-electron chi connectivity index (χ2n) is 6.45. The largest absolute Gasteiger partial charge is 0.355 e. The van der Waals surface area contributed by atoms with Crippen LogP contribution in [0, 0.1) is 0 Å². The molecule has 0 spiro atoms. The molecule has 2 aromatic carbocycles. The molecule has 0 aliphatic rings. The van der Waals surface area contributed by atoms with Gasteiger partial charge < -0.3 is 10.2 Å². The zero-order valence-corrected chi connectivity index (χ0v) is 20.2. The van der Waals surface area contributed by atoms with Crippen LogP contribution in [0.1, 0.15) is 25.0 Å². The molecule has 29 heavy (non-hydrogen) atoms. The van der Waals surface area contributed by atoms with Crippen LogP contribution in [0.4, 0.5) is 0 Å². The van der Waals surface area contributed by atoms with Crippen LogP contribution in [-0.2, 0) is 21.9 Å². The van der Waals surface area contributed by atoms with Crippen LogP contribution < -0.4 is 5.32 Å². The Morgan fingerprint density at radius 2 is 1.86 bits per heavy atom. The van der Waals surface area contributed by atoms with Gasteiger partial charge in [-0.05, 0) is 49.2 Å². The van der Waals surface area contributed by atoms with Gasteiger partial charge in [0, 0.05) is 33.4 Å². The first-order chi connectivity index (χ1) is 13.8.